The van der Waals surface area contributed by atoms with Gasteiger partial charge in [0.25, 0.3) is 10.0 Å². The number of halogens is 1. The van der Waals surface area contributed by atoms with Crippen LogP contribution in [0.2, 0.25) is 5.02 Å². The summed E-state index contributed by atoms with van der Waals surface area (Å²) in [5.74, 6) is 0.349. The van der Waals surface area contributed by atoms with Crippen LogP contribution >= 0.6 is 11.6 Å². The van der Waals surface area contributed by atoms with Crippen molar-refractivity contribution >= 4 is 39.0 Å². The number of hydrogen-bond donors (Lipinski definition) is 1. The van der Waals surface area contributed by atoms with Gasteiger partial charge in [0.2, 0.25) is 0 Å². The van der Waals surface area contributed by atoms with E-state index in [0.717, 1.165) is 4.31 Å². The third kappa shape index (κ3) is 3.73. The van der Waals surface area contributed by atoms with Crippen LogP contribution < -0.4 is 13.9 Å². The van der Waals surface area contributed by atoms with Crippen LogP contribution in [0.15, 0.2) is 47.4 Å². The Hall–Kier alpha value is -2.29. The van der Waals surface area contributed by atoms with Gasteiger partial charge < -0.3 is 9.84 Å². The third-order valence-corrected chi connectivity index (χ3v) is 5.89. The molecule has 0 spiro atoms. The van der Waals surface area contributed by atoms with Gasteiger partial charge in [-0.2, -0.15) is 4.31 Å². The maximum Gasteiger partial charge on any atom is 0.342 e. The van der Waals surface area contributed by atoms with Crippen LogP contribution in [0.25, 0.3) is 0 Å². The summed E-state index contributed by atoms with van der Waals surface area (Å²) in [6.07, 6.45) is 0. The van der Waals surface area contributed by atoms with Gasteiger partial charge in [-0.25, -0.2) is 13.2 Å². The van der Waals surface area contributed by atoms with E-state index in [4.69, 9.17) is 16.3 Å². The van der Waals surface area contributed by atoms with Crippen LogP contribution in [-0.4, -0.2) is 38.8 Å². The van der Waals surface area contributed by atoms with Crippen LogP contribution in [-0.2, 0) is 10.0 Å². The number of rotatable bonds is 4. The molecule has 0 aromatic heterocycles. The van der Waals surface area contributed by atoms with Crippen LogP contribution in [0.4, 0.5) is 16.2 Å². The number of hydrogen-bond acceptors (Lipinski definition) is 5. The van der Waals surface area contributed by atoms with Crippen molar-refractivity contribution in [1.82, 2.24) is 0 Å². The monoisotopic (exact) mass is 410 g/mol. The zero-order valence-electron chi connectivity index (χ0n) is 15.0. The zero-order chi connectivity index (χ0) is 20.0. The van der Waals surface area contributed by atoms with Gasteiger partial charge in [-0.3, -0.25) is 4.90 Å². The Bertz CT molecular complexity index is 1000. The van der Waals surface area contributed by atoms with Crippen molar-refractivity contribution in [3.05, 3.63) is 47.5 Å². The van der Waals surface area contributed by atoms with Gasteiger partial charge in [0.15, 0.2) is 0 Å². The Kier molecular flexibility index (Phi) is 4.83. The van der Waals surface area contributed by atoms with Crippen LogP contribution in [0.5, 0.6) is 5.75 Å². The highest BCUT2D eigenvalue weighted by molar-refractivity contribution is 7.94. The van der Waals surface area contributed by atoms with Crippen LogP contribution in [0, 0.1) is 0 Å². The predicted octanol–water partition coefficient (Wildman–Crippen LogP) is 3.25. The minimum absolute atomic E-state index is 0.0187. The molecule has 7 nitrogen and oxygen atoms in total. The number of benzene rings is 2. The van der Waals surface area contributed by atoms with Crippen molar-refractivity contribution in [2.45, 2.75) is 24.3 Å². The molecule has 9 heteroatoms. The first-order chi connectivity index (χ1) is 12.5. The lowest BCUT2D eigenvalue weighted by molar-refractivity contribution is 0.0285. The molecular formula is C18H19ClN2O5S. The number of aliphatic hydroxyl groups is 1. The van der Waals surface area contributed by atoms with Gasteiger partial charge >= 0.3 is 6.03 Å². The fourth-order valence-electron chi connectivity index (χ4n) is 2.62. The minimum atomic E-state index is -4.12. The van der Waals surface area contributed by atoms with Gasteiger partial charge in [0, 0.05) is 18.1 Å². The van der Waals surface area contributed by atoms with E-state index in [2.05, 4.69) is 0 Å². The van der Waals surface area contributed by atoms with Crippen molar-refractivity contribution in [3.8, 4) is 5.75 Å². The summed E-state index contributed by atoms with van der Waals surface area (Å²) in [6, 6.07) is 9.68. The molecule has 0 radical (unpaired) electrons. The summed E-state index contributed by atoms with van der Waals surface area (Å²) in [5, 5.41) is 10.1. The van der Waals surface area contributed by atoms with Gasteiger partial charge in [0.1, 0.15) is 17.3 Å². The van der Waals surface area contributed by atoms with E-state index in [9.17, 15) is 18.3 Å². The molecular weight excluding hydrogens is 392 g/mol. The van der Waals surface area contributed by atoms with Crippen molar-refractivity contribution in [1.29, 1.82) is 0 Å². The molecule has 1 aliphatic rings. The molecule has 1 aliphatic heterocycles. The average molecular weight is 411 g/mol. The second-order valence-corrected chi connectivity index (χ2v) is 9.01. The van der Waals surface area contributed by atoms with Crippen LogP contribution in [0.3, 0.4) is 0 Å². The van der Waals surface area contributed by atoms with E-state index in [1.165, 1.54) is 42.3 Å². The Morgan fingerprint density at radius 3 is 2.52 bits per heavy atom. The molecule has 1 N–H and O–H groups in total. The lowest BCUT2D eigenvalue weighted by Crippen LogP contribution is -2.49. The molecule has 0 bridgehead atoms. The first-order valence-corrected chi connectivity index (χ1v) is 9.90. The molecule has 144 valence electrons. The summed E-state index contributed by atoms with van der Waals surface area (Å²) < 4.78 is 32.3. The normalized spacial score (nSPS) is 16.3. The molecule has 0 aliphatic carbocycles. The number of ether oxygens (including phenoxy) is 1. The molecule has 27 heavy (non-hydrogen) atoms. The fraction of sp³-hybridized carbons (Fsp3) is 0.278. The molecule has 0 saturated carbocycles. The minimum Gasteiger partial charge on any atom is -0.491 e. The fourth-order valence-corrected chi connectivity index (χ4v) is 4.42. The topological polar surface area (TPSA) is 87.2 Å². The van der Waals surface area contributed by atoms with E-state index in [0.29, 0.717) is 10.8 Å². The Labute approximate surface area is 162 Å². The number of sulfonamides is 1. The maximum atomic E-state index is 13.1. The highest BCUT2D eigenvalue weighted by Crippen LogP contribution is 2.39. The van der Waals surface area contributed by atoms with E-state index < -0.39 is 21.7 Å². The molecule has 0 saturated heterocycles. The van der Waals surface area contributed by atoms with Gasteiger partial charge in [-0.15, -0.1) is 0 Å². The Morgan fingerprint density at radius 2 is 1.89 bits per heavy atom. The summed E-state index contributed by atoms with van der Waals surface area (Å²) in [4.78, 5) is 14.0. The van der Waals surface area contributed by atoms with Crippen molar-refractivity contribution in [2.75, 3.05) is 22.9 Å². The van der Waals surface area contributed by atoms with E-state index in [1.807, 2.05) is 0 Å². The smallest absolute Gasteiger partial charge is 0.342 e. The number of fused-ring (bicyclic) bond motifs is 1. The van der Waals surface area contributed by atoms with E-state index in [1.54, 1.807) is 26.0 Å². The standard InChI is InChI=1S/C18H19ClN2O5S/c1-18(2,23)11-26-14-7-8-16-15(10-14)20(3)17(22)21(27(16,24)25)13-6-4-5-12(19)9-13/h4-10,23H,11H2,1-3H3. The molecule has 2 amide bonds. The van der Waals surface area contributed by atoms with Crippen molar-refractivity contribution in [3.63, 3.8) is 0 Å². The lowest BCUT2D eigenvalue weighted by Gasteiger charge is -2.34. The SMILES string of the molecule is CN1C(=O)N(c2cccc(Cl)c2)S(=O)(=O)c2ccc(OCC(C)(C)O)cc21. The lowest BCUT2D eigenvalue weighted by atomic mass is 10.2. The molecule has 2 aromatic rings. The molecule has 1 heterocycles. The highest BCUT2D eigenvalue weighted by Gasteiger charge is 2.41. The second kappa shape index (κ2) is 6.70. The predicted molar refractivity (Wildman–Crippen MR) is 103 cm³/mol. The second-order valence-electron chi connectivity index (χ2n) is 6.82. The quantitative estimate of drug-likeness (QED) is 0.835. The Balaban J connectivity index is 2.05. The molecule has 2 aromatic carbocycles. The largest absolute Gasteiger partial charge is 0.491 e. The van der Waals surface area contributed by atoms with Gasteiger partial charge in [-0.1, -0.05) is 17.7 Å². The first-order valence-electron chi connectivity index (χ1n) is 8.08. The van der Waals surface area contributed by atoms with Crippen molar-refractivity contribution in [2.24, 2.45) is 0 Å². The summed E-state index contributed by atoms with van der Waals surface area (Å²) in [6.45, 7) is 3.20. The van der Waals surface area contributed by atoms with E-state index >= 15 is 0 Å². The third-order valence-electron chi connectivity index (χ3n) is 3.91. The average Bonchev–Trinajstić information content (AvgIpc) is 2.57. The maximum absolute atomic E-state index is 13.1. The number of amides is 2. The number of carbonyl (C=O) groups excluding carboxylic acids is 1. The molecule has 0 atom stereocenters. The first kappa shape index (κ1) is 19.5. The number of urea groups is 1. The zero-order valence-corrected chi connectivity index (χ0v) is 16.6. The number of carbonyl (C=O) groups is 1. The van der Waals surface area contributed by atoms with E-state index in [-0.39, 0.29) is 22.9 Å². The molecule has 0 unspecified atom stereocenters. The van der Waals surface area contributed by atoms with Gasteiger partial charge in [-0.05, 0) is 44.2 Å². The van der Waals surface area contributed by atoms with Crippen LogP contribution in [0.1, 0.15) is 13.8 Å². The molecule has 3 rings (SSSR count). The van der Waals surface area contributed by atoms with Gasteiger partial charge in [0.05, 0.1) is 17.0 Å². The Morgan fingerprint density at radius 1 is 1.19 bits per heavy atom. The summed E-state index contributed by atoms with van der Waals surface area (Å²) >= 11 is 5.95. The number of anilines is 2. The summed E-state index contributed by atoms with van der Waals surface area (Å²) in [5.41, 5.74) is -0.688. The van der Waals surface area contributed by atoms with Crippen molar-refractivity contribution < 1.29 is 23.1 Å². The molecule has 0 fully saturated rings. The summed E-state index contributed by atoms with van der Waals surface area (Å²) in [7, 11) is -2.64. The number of nitrogens with zero attached hydrogens (tertiary/aromatic N) is 2. The highest BCUT2D eigenvalue weighted by atomic mass is 35.5.